The van der Waals surface area contributed by atoms with Gasteiger partial charge in [-0.1, -0.05) is 23.7 Å². The van der Waals surface area contributed by atoms with Crippen LogP contribution in [0.15, 0.2) is 54.0 Å². The maximum atomic E-state index is 12.3. The van der Waals surface area contributed by atoms with Crippen LogP contribution in [0.4, 0.5) is 0 Å². The monoisotopic (exact) mass is 314 g/mol. The summed E-state index contributed by atoms with van der Waals surface area (Å²) in [6.07, 6.45) is 5.51. The Balaban J connectivity index is 1.80. The first-order chi connectivity index (χ1) is 10.2. The van der Waals surface area contributed by atoms with E-state index in [0.29, 0.717) is 10.6 Å². The first-order valence-corrected chi connectivity index (χ1v) is 7.56. The van der Waals surface area contributed by atoms with E-state index < -0.39 is 0 Å². The molecule has 0 N–H and O–H groups in total. The topological polar surface area (TPSA) is 34.9 Å². The minimum atomic E-state index is -0.201. The fourth-order valence-corrected chi connectivity index (χ4v) is 2.66. The Morgan fingerprint density at radius 1 is 1.19 bits per heavy atom. The van der Waals surface area contributed by atoms with Crippen LogP contribution < -0.4 is 0 Å². The van der Waals surface area contributed by atoms with E-state index >= 15 is 0 Å². The molecule has 0 fully saturated rings. The summed E-state index contributed by atoms with van der Waals surface area (Å²) < 4.78 is 1.32. The van der Waals surface area contributed by atoms with Gasteiger partial charge in [0.2, 0.25) is 0 Å². The fraction of sp³-hybridized carbons (Fsp3) is 0. The number of nitrogens with zero attached hydrogens (tertiary/aromatic N) is 2. The Bertz CT molecular complexity index is 790. The summed E-state index contributed by atoms with van der Waals surface area (Å²) in [5, 5.41) is 6.81. The highest BCUT2D eigenvalue weighted by molar-refractivity contribution is 7.10. The highest BCUT2D eigenvalue weighted by atomic mass is 35.5. The van der Waals surface area contributed by atoms with Crippen molar-refractivity contribution in [1.82, 2.24) is 9.78 Å². The molecule has 2 aromatic heterocycles. The molecule has 2 heterocycles. The van der Waals surface area contributed by atoms with Crippen LogP contribution in [0.25, 0.3) is 12.2 Å². The average molecular weight is 315 g/mol. The second kappa shape index (κ2) is 6.08. The van der Waals surface area contributed by atoms with E-state index in [9.17, 15) is 4.79 Å². The van der Waals surface area contributed by atoms with Crippen LogP contribution in [-0.2, 0) is 0 Å². The van der Waals surface area contributed by atoms with Gasteiger partial charge < -0.3 is 0 Å². The van der Waals surface area contributed by atoms with Crippen molar-refractivity contribution in [2.24, 2.45) is 0 Å². The number of hydrogen-bond acceptors (Lipinski definition) is 3. The lowest BCUT2D eigenvalue weighted by Gasteiger charge is -2.00. The van der Waals surface area contributed by atoms with Gasteiger partial charge in [0.05, 0.1) is 5.69 Å². The first-order valence-electron chi connectivity index (χ1n) is 6.30. The van der Waals surface area contributed by atoms with E-state index in [4.69, 9.17) is 11.6 Å². The molecule has 3 nitrogen and oxygen atoms in total. The SMILES string of the molecule is O=C(c1cccc(Cl)c1)n1ccc(/C=C/c2cccs2)n1. The van der Waals surface area contributed by atoms with Crippen molar-refractivity contribution in [2.45, 2.75) is 0 Å². The van der Waals surface area contributed by atoms with Crippen LogP contribution in [-0.4, -0.2) is 15.7 Å². The zero-order chi connectivity index (χ0) is 14.7. The molecule has 3 aromatic rings. The van der Waals surface area contributed by atoms with Gasteiger partial charge in [0.15, 0.2) is 0 Å². The number of thiophene rings is 1. The third-order valence-corrected chi connectivity index (χ3v) is 3.92. The summed E-state index contributed by atoms with van der Waals surface area (Å²) >= 11 is 7.55. The summed E-state index contributed by atoms with van der Waals surface area (Å²) in [7, 11) is 0. The third-order valence-electron chi connectivity index (χ3n) is 2.85. The fourth-order valence-electron chi connectivity index (χ4n) is 1.85. The van der Waals surface area contributed by atoms with Crippen molar-refractivity contribution in [3.05, 3.63) is 75.2 Å². The van der Waals surface area contributed by atoms with E-state index in [1.165, 1.54) is 4.68 Å². The molecular weight excluding hydrogens is 304 g/mol. The van der Waals surface area contributed by atoms with Gasteiger partial charge in [0.1, 0.15) is 0 Å². The molecule has 0 radical (unpaired) electrons. The lowest BCUT2D eigenvalue weighted by atomic mass is 10.2. The van der Waals surface area contributed by atoms with Gasteiger partial charge in [-0.15, -0.1) is 11.3 Å². The quantitative estimate of drug-likeness (QED) is 0.715. The van der Waals surface area contributed by atoms with Crippen LogP contribution in [0.1, 0.15) is 20.9 Å². The maximum absolute atomic E-state index is 12.3. The molecule has 0 bridgehead atoms. The maximum Gasteiger partial charge on any atom is 0.278 e. The van der Waals surface area contributed by atoms with Gasteiger partial charge in [-0.05, 0) is 47.9 Å². The van der Waals surface area contributed by atoms with E-state index in [-0.39, 0.29) is 5.91 Å². The van der Waals surface area contributed by atoms with Crippen molar-refractivity contribution < 1.29 is 4.79 Å². The van der Waals surface area contributed by atoms with Crippen molar-refractivity contribution >= 4 is 41.0 Å². The van der Waals surface area contributed by atoms with E-state index in [0.717, 1.165) is 10.6 Å². The molecule has 104 valence electrons. The van der Waals surface area contributed by atoms with Crippen LogP contribution in [0.2, 0.25) is 5.02 Å². The van der Waals surface area contributed by atoms with Gasteiger partial charge in [0.25, 0.3) is 5.91 Å². The Morgan fingerprint density at radius 3 is 2.86 bits per heavy atom. The normalized spacial score (nSPS) is 11.1. The molecule has 3 rings (SSSR count). The van der Waals surface area contributed by atoms with Crippen LogP contribution in [0.5, 0.6) is 0 Å². The lowest BCUT2D eigenvalue weighted by Crippen LogP contribution is -2.12. The highest BCUT2D eigenvalue weighted by Gasteiger charge is 2.09. The van der Waals surface area contributed by atoms with Crippen molar-refractivity contribution in [1.29, 1.82) is 0 Å². The summed E-state index contributed by atoms with van der Waals surface area (Å²) in [5.41, 5.74) is 1.25. The Hall–Kier alpha value is -2.17. The second-order valence-corrected chi connectivity index (χ2v) is 5.77. The van der Waals surface area contributed by atoms with E-state index in [1.54, 1.807) is 47.9 Å². The zero-order valence-electron chi connectivity index (χ0n) is 10.9. The summed E-state index contributed by atoms with van der Waals surface area (Å²) in [5.74, 6) is -0.201. The second-order valence-electron chi connectivity index (χ2n) is 4.35. The highest BCUT2D eigenvalue weighted by Crippen LogP contribution is 2.14. The molecular formula is C16H11ClN2OS. The van der Waals surface area contributed by atoms with Gasteiger partial charge in [-0.3, -0.25) is 4.79 Å². The van der Waals surface area contributed by atoms with Crippen molar-refractivity contribution in [2.75, 3.05) is 0 Å². The number of carbonyl (C=O) groups excluding carboxylic acids is 1. The number of carbonyl (C=O) groups is 1. The summed E-state index contributed by atoms with van der Waals surface area (Å²) in [4.78, 5) is 13.4. The minimum absolute atomic E-state index is 0.201. The minimum Gasteiger partial charge on any atom is -0.267 e. The van der Waals surface area contributed by atoms with E-state index in [2.05, 4.69) is 5.10 Å². The molecule has 21 heavy (non-hydrogen) atoms. The van der Waals surface area contributed by atoms with Gasteiger partial charge in [-0.2, -0.15) is 5.10 Å². The standard InChI is InChI=1S/C16H11ClN2OS/c17-13-4-1-3-12(11-13)16(20)19-9-8-14(18-19)6-7-15-5-2-10-21-15/h1-11H/b7-6+. The predicted molar refractivity (Wildman–Crippen MR) is 86.7 cm³/mol. The number of aromatic nitrogens is 2. The zero-order valence-corrected chi connectivity index (χ0v) is 12.5. The molecule has 0 aliphatic heterocycles. The van der Waals surface area contributed by atoms with Crippen LogP contribution >= 0.6 is 22.9 Å². The summed E-state index contributed by atoms with van der Waals surface area (Å²) in [6.45, 7) is 0. The smallest absolute Gasteiger partial charge is 0.267 e. The Kier molecular flexibility index (Phi) is 3.99. The Labute approximate surface area is 131 Å². The van der Waals surface area contributed by atoms with Crippen molar-refractivity contribution in [3.63, 3.8) is 0 Å². The Morgan fingerprint density at radius 2 is 2.10 bits per heavy atom. The number of benzene rings is 1. The number of halogens is 1. The molecule has 0 saturated carbocycles. The molecule has 0 aliphatic carbocycles. The average Bonchev–Trinajstić information content (AvgIpc) is 3.16. The third kappa shape index (κ3) is 3.29. The molecule has 0 spiro atoms. The molecule has 0 saturated heterocycles. The number of rotatable bonds is 3. The van der Waals surface area contributed by atoms with Gasteiger partial charge >= 0.3 is 0 Å². The molecule has 0 aliphatic rings. The lowest BCUT2D eigenvalue weighted by molar-refractivity contribution is 0.0945. The van der Waals surface area contributed by atoms with Gasteiger partial charge in [-0.25, -0.2) is 4.68 Å². The van der Waals surface area contributed by atoms with E-state index in [1.807, 2.05) is 29.7 Å². The molecule has 0 atom stereocenters. The molecule has 1 aromatic carbocycles. The first kappa shape index (κ1) is 13.8. The van der Waals surface area contributed by atoms with Crippen LogP contribution in [0, 0.1) is 0 Å². The molecule has 5 heteroatoms. The largest absolute Gasteiger partial charge is 0.278 e. The van der Waals surface area contributed by atoms with Gasteiger partial charge in [0, 0.05) is 21.7 Å². The number of hydrogen-bond donors (Lipinski definition) is 0. The summed E-state index contributed by atoms with van der Waals surface area (Å²) in [6, 6.07) is 12.6. The molecule has 0 unspecified atom stereocenters. The molecule has 0 amide bonds. The predicted octanol–water partition coefficient (Wildman–Crippen LogP) is 4.46. The van der Waals surface area contributed by atoms with Crippen LogP contribution in [0.3, 0.4) is 0 Å². The van der Waals surface area contributed by atoms with Crippen molar-refractivity contribution in [3.8, 4) is 0 Å².